The number of aromatic amines is 1. The van der Waals surface area contributed by atoms with Crippen LogP contribution in [0.25, 0.3) is 0 Å². The van der Waals surface area contributed by atoms with Gasteiger partial charge in [-0.1, -0.05) is 19.8 Å². The SMILES string of the molecule is CC1CCCC(CO)(NC(=O)c2cc(N)n[nH]2)C1. The quantitative estimate of drug-likeness (QED) is 0.634. The molecule has 1 aromatic heterocycles. The van der Waals surface area contributed by atoms with E-state index in [0.717, 1.165) is 25.7 Å². The van der Waals surface area contributed by atoms with Gasteiger partial charge in [0.05, 0.1) is 12.1 Å². The Morgan fingerprint density at radius 1 is 1.78 bits per heavy atom. The van der Waals surface area contributed by atoms with Crippen molar-refractivity contribution in [2.45, 2.75) is 38.1 Å². The number of amides is 1. The highest BCUT2D eigenvalue weighted by atomic mass is 16.3. The summed E-state index contributed by atoms with van der Waals surface area (Å²) in [6.45, 7) is 2.11. The van der Waals surface area contributed by atoms with E-state index in [-0.39, 0.29) is 18.3 Å². The van der Waals surface area contributed by atoms with Crippen LogP contribution in [0, 0.1) is 5.92 Å². The molecule has 0 radical (unpaired) electrons. The maximum absolute atomic E-state index is 12.0. The van der Waals surface area contributed by atoms with Crippen LogP contribution in [0.3, 0.4) is 0 Å². The molecule has 2 atom stereocenters. The van der Waals surface area contributed by atoms with Gasteiger partial charge in [-0.2, -0.15) is 5.10 Å². The van der Waals surface area contributed by atoms with Crippen molar-refractivity contribution in [1.82, 2.24) is 15.5 Å². The summed E-state index contributed by atoms with van der Waals surface area (Å²) < 4.78 is 0. The zero-order valence-electron chi connectivity index (χ0n) is 10.6. The van der Waals surface area contributed by atoms with Crippen LogP contribution in [0.1, 0.15) is 43.1 Å². The lowest BCUT2D eigenvalue weighted by Gasteiger charge is -2.39. The number of aromatic nitrogens is 2. The van der Waals surface area contributed by atoms with Crippen LogP contribution in [0.15, 0.2) is 6.07 Å². The molecular formula is C12H20N4O2. The molecule has 5 N–H and O–H groups in total. The standard InChI is InChI=1S/C12H20N4O2/c1-8-3-2-4-12(6-8,7-17)14-11(18)9-5-10(13)16-15-9/h5,8,17H,2-4,6-7H2,1H3,(H,14,18)(H3,13,15,16). The fourth-order valence-electron chi connectivity index (χ4n) is 2.72. The minimum Gasteiger partial charge on any atom is -0.394 e. The highest BCUT2D eigenvalue weighted by molar-refractivity contribution is 5.93. The summed E-state index contributed by atoms with van der Waals surface area (Å²) in [7, 11) is 0. The Labute approximate surface area is 106 Å². The maximum Gasteiger partial charge on any atom is 0.269 e. The number of nitrogens with zero attached hydrogens (tertiary/aromatic N) is 1. The van der Waals surface area contributed by atoms with Crippen LogP contribution in [-0.2, 0) is 0 Å². The lowest BCUT2D eigenvalue weighted by molar-refractivity contribution is 0.0692. The van der Waals surface area contributed by atoms with E-state index in [0.29, 0.717) is 11.6 Å². The second kappa shape index (κ2) is 4.97. The van der Waals surface area contributed by atoms with Gasteiger partial charge in [-0.15, -0.1) is 0 Å². The maximum atomic E-state index is 12.0. The zero-order valence-corrected chi connectivity index (χ0v) is 10.6. The predicted molar refractivity (Wildman–Crippen MR) is 67.9 cm³/mol. The third kappa shape index (κ3) is 2.64. The predicted octanol–water partition coefficient (Wildman–Crippen LogP) is 0.663. The molecule has 1 fully saturated rings. The van der Waals surface area contributed by atoms with Crippen molar-refractivity contribution < 1.29 is 9.90 Å². The average molecular weight is 252 g/mol. The number of hydrogen-bond acceptors (Lipinski definition) is 4. The average Bonchev–Trinajstić information content (AvgIpc) is 2.76. The summed E-state index contributed by atoms with van der Waals surface area (Å²) in [5.41, 5.74) is 5.29. The normalized spacial score (nSPS) is 28.0. The van der Waals surface area contributed by atoms with Crippen molar-refractivity contribution in [3.05, 3.63) is 11.8 Å². The molecule has 2 rings (SSSR count). The lowest BCUT2D eigenvalue weighted by Crippen LogP contribution is -2.53. The van der Waals surface area contributed by atoms with Crippen LogP contribution >= 0.6 is 0 Å². The third-order valence-corrected chi connectivity index (χ3v) is 3.62. The fourth-order valence-corrected chi connectivity index (χ4v) is 2.72. The molecule has 0 saturated heterocycles. The number of aliphatic hydroxyl groups is 1. The van der Waals surface area contributed by atoms with Gasteiger partial charge in [0.2, 0.25) is 0 Å². The number of nitrogens with two attached hydrogens (primary N) is 1. The van der Waals surface area contributed by atoms with Gasteiger partial charge in [0.15, 0.2) is 0 Å². The number of hydrogen-bond donors (Lipinski definition) is 4. The largest absolute Gasteiger partial charge is 0.394 e. The van der Waals surface area contributed by atoms with Crippen LogP contribution in [0.2, 0.25) is 0 Å². The van der Waals surface area contributed by atoms with Crippen molar-refractivity contribution in [3.8, 4) is 0 Å². The van der Waals surface area contributed by atoms with Crippen LogP contribution in [0.4, 0.5) is 5.82 Å². The Balaban J connectivity index is 2.08. The second-order valence-electron chi connectivity index (χ2n) is 5.30. The highest BCUT2D eigenvalue weighted by Gasteiger charge is 2.36. The number of carbonyl (C=O) groups excluding carboxylic acids is 1. The first-order valence-electron chi connectivity index (χ1n) is 6.29. The molecular weight excluding hydrogens is 232 g/mol. The molecule has 1 saturated carbocycles. The molecule has 1 aromatic rings. The molecule has 0 aromatic carbocycles. The first-order chi connectivity index (χ1) is 8.54. The fraction of sp³-hybridized carbons (Fsp3) is 0.667. The van der Waals surface area contributed by atoms with Gasteiger partial charge in [-0.3, -0.25) is 9.89 Å². The third-order valence-electron chi connectivity index (χ3n) is 3.62. The number of aliphatic hydroxyl groups excluding tert-OH is 1. The Kier molecular flexibility index (Phi) is 3.56. The van der Waals surface area contributed by atoms with Crippen LogP contribution < -0.4 is 11.1 Å². The topological polar surface area (TPSA) is 104 Å². The molecule has 1 heterocycles. The summed E-state index contributed by atoms with van der Waals surface area (Å²) in [4.78, 5) is 12.0. The second-order valence-corrected chi connectivity index (χ2v) is 5.30. The molecule has 1 amide bonds. The van der Waals surface area contributed by atoms with E-state index in [9.17, 15) is 9.90 Å². The van der Waals surface area contributed by atoms with Gasteiger partial charge < -0.3 is 16.2 Å². The summed E-state index contributed by atoms with van der Waals surface area (Å²) in [6, 6.07) is 1.49. The molecule has 0 spiro atoms. The molecule has 0 aliphatic heterocycles. The van der Waals surface area contributed by atoms with Crippen molar-refractivity contribution in [3.63, 3.8) is 0 Å². The number of anilines is 1. The van der Waals surface area contributed by atoms with E-state index in [2.05, 4.69) is 22.4 Å². The van der Waals surface area contributed by atoms with Crippen molar-refractivity contribution in [2.24, 2.45) is 5.92 Å². The van der Waals surface area contributed by atoms with E-state index in [1.165, 1.54) is 6.07 Å². The molecule has 0 bridgehead atoms. The van der Waals surface area contributed by atoms with Gasteiger partial charge in [0, 0.05) is 6.07 Å². The van der Waals surface area contributed by atoms with Gasteiger partial charge in [0.25, 0.3) is 5.91 Å². The molecule has 18 heavy (non-hydrogen) atoms. The number of nitrogen functional groups attached to an aromatic ring is 1. The molecule has 6 heteroatoms. The Hall–Kier alpha value is -1.56. The van der Waals surface area contributed by atoms with E-state index in [1.807, 2.05) is 0 Å². The lowest BCUT2D eigenvalue weighted by atomic mass is 9.77. The van der Waals surface area contributed by atoms with Crippen molar-refractivity contribution in [1.29, 1.82) is 0 Å². The van der Waals surface area contributed by atoms with Gasteiger partial charge in [0.1, 0.15) is 11.5 Å². The van der Waals surface area contributed by atoms with Crippen molar-refractivity contribution in [2.75, 3.05) is 12.3 Å². The van der Waals surface area contributed by atoms with E-state index < -0.39 is 5.54 Å². The number of carbonyl (C=O) groups is 1. The number of nitrogens with one attached hydrogen (secondary N) is 2. The van der Waals surface area contributed by atoms with E-state index in [1.54, 1.807) is 0 Å². The summed E-state index contributed by atoms with van der Waals surface area (Å²) in [5, 5.41) is 18.8. The monoisotopic (exact) mass is 252 g/mol. The smallest absolute Gasteiger partial charge is 0.269 e. The minimum atomic E-state index is -0.505. The number of H-pyrrole nitrogens is 1. The molecule has 100 valence electrons. The van der Waals surface area contributed by atoms with Crippen LogP contribution in [0.5, 0.6) is 0 Å². The minimum absolute atomic E-state index is 0.0350. The first-order valence-corrected chi connectivity index (χ1v) is 6.29. The van der Waals surface area contributed by atoms with E-state index >= 15 is 0 Å². The van der Waals surface area contributed by atoms with Crippen LogP contribution in [-0.4, -0.2) is 33.4 Å². The molecule has 1 aliphatic carbocycles. The molecule has 6 nitrogen and oxygen atoms in total. The van der Waals surface area contributed by atoms with E-state index in [4.69, 9.17) is 5.73 Å². The van der Waals surface area contributed by atoms with Gasteiger partial charge in [-0.05, 0) is 18.8 Å². The summed E-state index contributed by atoms with van der Waals surface area (Å²) >= 11 is 0. The highest BCUT2D eigenvalue weighted by Crippen LogP contribution is 2.32. The van der Waals surface area contributed by atoms with Crippen molar-refractivity contribution >= 4 is 11.7 Å². The van der Waals surface area contributed by atoms with Gasteiger partial charge in [-0.25, -0.2) is 0 Å². The Bertz CT molecular complexity index is 431. The Morgan fingerprint density at radius 3 is 3.11 bits per heavy atom. The molecule has 1 aliphatic rings. The molecule has 2 unspecified atom stereocenters. The summed E-state index contributed by atoms with van der Waals surface area (Å²) in [5.74, 6) is 0.538. The number of rotatable bonds is 3. The van der Waals surface area contributed by atoms with Gasteiger partial charge >= 0.3 is 0 Å². The summed E-state index contributed by atoms with van der Waals surface area (Å²) in [6.07, 6.45) is 3.78. The first kappa shape index (κ1) is 12.9. The zero-order chi connectivity index (χ0) is 13.2. The Morgan fingerprint density at radius 2 is 2.56 bits per heavy atom.